The third-order valence-electron chi connectivity index (χ3n) is 2.81. The Morgan fingerprint density at radius 2 is 2.28 bits per heavy atom. The van der Waals surface area contributed by atoms with E-state index in [-0.39, 0.29) is 6.42 Å². The molecule has 4 nitrogen and oxygen atoms in total. The lowest BCUT2D eigenvalue weighted by Crippen LogP contribution is -2.03. The fourth-order valence-electron chi connectivity index (χ4n) is 1.92. The van der Waals surface area contributed by atoms with Crippen LogP contribution in [0.2, 0.25) is 0 Å². The molecule has 0 saturated heterocycles. The maximum Gasteiger partial charge on any atom is 0.303 e. The molecule has 0 atom stereocenters. The summed E-state index contributed by atoms with van der Waals surface area (Å²) in [5.74, 6) is -0.781. The summed E-state index contributed by atoms with van der Waals surface area (Å²) in [6, 6.07) is 4.01. The van der Waals surface area contributed by atoms with Gasteiger partial charge in [0.1, 0.15) is 5.69 Å². The van der Waals surface area contributed by atoms with Crippen molar-refractivity contribution in [3.63, 3.8) is 0 Å². The number of rotatable bonds is 4. The summed E-state index contributed by atoms with van der Waals surface area (Å²) in [7, 11) is 1.86. The number of hydrogen-bond acceptors (Lipinski definition) is 3. The Bertz CT molecular complexity index is 589. The van der Waals surface area contributed by atoms with Gasteiger partial charge in [-0.2, -0.15) is 5.10 Å². The first kappa shape index (κ1) is 13.3. The SMILES string of the molecule is Cc1c(-c2ccc(Br)s2)nn(C)c1CCC(=O)O. The molecule has 96 valence electrons. The van der Waals surface area contributed by atoms with Crippen LogP contribution in [-0.4, -0.2) is 20.9 Å². The Hall–Kier alpha value is -1.14. The zero-order valence-electron chi connectivity index (χ0n) is 10.1. The quantitative estimate of drug-likeness (QED) is 0.937. The smallest absolute Gasteiger partial charge is 0.303 e. The van der Waals surface area contributed by atoms with E-state index in [0.717, 1.165) is 25.6 Å². The molecule has 18 heavy (non-hydrogen) atoms. The zero-order chi connectivity index (χ0) is 13.3. The summed E-state index contributed by atoms with van der Waals surface area (Å²) in [5.41, 5.74) is 2.98. The zero-order valence-corrected chi connectivity index (χ0v) is 12.5. The Morgan fingerprint density at radius 3 is 2.83 bits per heavy atom. The minimum Gasteiger partial charge on any atom is -0.481 e. The number of nitrogens with zero attached hydrogens (tertiary/aromatic N) is 2. The lowest BCUT2D eigenvalue weighted by molar-refractivity contribution is -0.136. The molecule has 0 saturated carbocycles. The number of hydrogen-bond donors (Lipinski definition) is 1. The van der Waals surface area contributed by atoms with E-state index in [4.69, 9.17) is 5.11 Å². The normalized spacial score (nSPS) is 10.8. The molecule has 0 amide bonds. The molecule has 0 unspecified atom stereocenters. The number of halogens is 1. The van der Waals surface area contributed by atoms with Crippen molar-refractivity contribution in [2.45, 2.75) is 19.8 Å². The topological polar surface area (TPSA) is 55.1 Å². The molecule has 1 N–H and O–H groups in total. The number of carboxylic acid groups (broad SMARTS) is 1. The molecule has 0 fully saturated rings. The summed E-state index contributed by atoms with van der Waals surface area (Å²) >= 11 is 5.06. The number of aryl methyl sites for hydroxylation is 1. The largest absolute Gasteiger partial charge is 0.481 e. The van der Waals surface area contributed by atoms with Crippen LogP contribution in [0.1, 0.15) is 17.7 Å². The van der Waals surface area contributed by atoms with Crippen molar-refractivity contribution in [2.75, 3.05) is 0 Å². The number of aromatic nitrogens is 2. The number of carboxylic acids is 1. The average molecular weight is 329 g/mol. The van der Waals surface area contributed by atoms with Crippen molar-refractivity contribution in [1.82, 2.24) is 9.78 Å². The van der Waals surface area contributed by atoms with E-state index in [1.54, 1.807) is 16.0 Å². The minimum absolute atomic E-state index is 0.133. The minimum atomic E-state index is -0.781. The third-order valence-corrected chi connectivity index (χ3v) is 4.44. The van der Waals surface area contributed by atoms with Gasteiger partial charge >= 0.3 is 5.97 Å². The number of aliphatic carboxylic acids is 1. The predicted octanol–water partition coefficient (Wildman–Crippen LogP) is 3.24. The lowest BCUT2D eigenvalue weighted by Gasteiger charge is -2.00. The Balaban J connectivity index is 2.34. The fraction of sp³-hybridized carbons (Fsp3) is 0.333. The Morgan fingerprint density at radius 1 is 1.56 bits per heavy atom. The fourth-order valence-corrected chi connectivity index (χ4v) is 3.34. The first-order chi connectivity index (χ1) is 8.49. The number of thiophene rings is 1. The molecule has 0 radical (unpaired) electrons. The second-order valence-electron chi connectivity index (χ2n) is 4.04. The number of carbonyl (C=O) groups is 1. The summed E-state index contributed by atoms with van der Waals surface area (Å²) in [6.07, 6.45) is 0.644. The van der Waals surface area contributed by atoms with E-state index >= 15 is 0 Å². The lowest BCUT2D eigenvalue weighted by atomic mass is 10.1. The monoisotopic (exact) mass is 328 g/mol. The second-order valence-corrected chi connectivity index (χ2v) is 6.50. The highest BCUT2D eigenvalue weighted by Crippen LogP contribution is 2.33. The Kier molecular flexibility index (Phi) is 3.87. The first-order valence-electron chi connectivity index (χ1n) is 5.49. The van der Waals surface area contributed by atoms with Crippen molar-refractivity contribution < 1.29 is 9.90 Å². The van der Waals surface area contributed by atoms with Gasteiger partial charge in [-0.05, 0) is 40.5 Å². The molecular formula is C12H13BrN2O2S. The molecule has 6 heteroatoms. The van der Waals surface area contributed by atoms with Crippen molar-refractivity contribution in [1.29, 1.82) is 0 Å². The predicted molar refractivity (Wildman–Crippen MR) is 74.9 cm³/mol. The molecule has 2 aromatic heterocycles. The van der Waals surface area contributed by atoms with Gasteiger partial charge in [0.25, 0.3) is 0 Å². The molecule has 0 aliphatic heterocycles. The van der Waals surface area contributed by atoms with Gasteiger partial charge in [0, 0.05) is 19.2 Å². The van der Waals surface area contributed by atoms with Crippen molar-refractivity contribution in [3.05, 3.63) is 27.2 Å². The average Bonchev–Trinajstić information content (AvgIpc) is 2.82. The van der Waals surface area contributed by atoms with Gasteiger partial charge in [-0.25, -0.2) is 0 Å². The van der Waals surface area contributed by atoms with Crippen LogP contribution in [0, 0.1) is 6.92 Å². The molecule has 2 rings (SSSR count). The van der Waals surface area contributed by atoms with Gasteiger partial charge in [0.15, 0.2) is 0 Å². The van der Waals surface area contributed by atoms with E-state index in [1.807, 2.05) is 26.1 Å². The van der Waals surface area contributed by atoms with Crippen LogP contribution >= 0.6 is 27.3 Å². The Labute approximate surface area is 117 Å². The summed E-state index contributed by atoms with van der Waals surface area (Å²) in [4.78, 5) is 11.7. The standard InChI is InChI=1S/C12H13BrN2O2S/c1-7-8(3-6-11(16)17)15(2)14-12(7)9-4-5-10(13)18-9/h4-5H,3,6H2,1-2H3,(H,16,17). The maximum atomic E-state index is 10.6. The maximum absolute atomic E-state index is 10.6. The molecule has 0 aliphatic rings. The van der Waals surface area contributed by atoms with Crippen LogP contribution in [0.15, 0.2) is 15.9 Å². The molecule has 2 heterocycles. The summed E-state index contributed by atoms with van der Waals surface area (Å²) in [5, 5.41) is 13.2. The highest BCUT2D eigenvalue weighted by atomic mass is 79.9. The van der Waals surface area contributed by atoms with Gasteiger partial charge in [-0.1, -0.05) is 0 Å². The van der Waals surface area contributed by atoms with Gasteiger partial charge < -0.3 is 5.11 Å². The van der Waals surface area contributed by atoms with Crippen LogP contribution in [-0.2, 0) is 18.3 Å². The molecule has 2 aromatic rings. The van der Waals surface area contributed by atoms with E-state index in [1.165, 1.54) is 0 Å². The third kappa shape index (κ3) is 2.64. The molecular weight excluding hydrogens is 316 g/mol. The van der Waals surface area contributed by atoms with Crippen LogP contribution in [0.5, 0.6) is 0 Å². The van der Waals surface area contributed by atoms with Crippen molar-refractivity contribution >= 4 is 33.2 Å². The first-order valence-corrected chi connectivity index (χ1v) is 7.10. The van der Waals surface area contributed by atoms with E-state index < -0.39 is 5.97 Å². The van der Waals surface area contributed by atoms with E-state index in [9.17, 15) is 4.79 Å². The van der Waals surface area contributed by atoms with Crippen LogP contribution in [0.25, 0.3) is 10.6 Å². The second kappa shape index (κ2) is 5.24. The molecule has 0 bridgehead atoms. The van der Waals surface area contributed by atoms with Gasteiger partial charge in [0.05, 0.1) is 15.1 Å². The van der Waals surface area contributed by atoms with Gasteiger partial charge in [-0.15, -0.1) is 11.3 Å². The molecule has 0 spiro atoms. The molecule has 0 aromatic carbocycles. The van der Waals surface area contributed by atoms with Crippen molar-refractivity contribution in [2.24, 2.45) is 7.05 Å². The summed E-state index contributed by atoms with van der Waals surface area (Å²) < 4.78 is 2.84. The van der Waals surface area contributed by atoms with E-state index in [2.05, 4.69) is 21.0 Å². The van der Waals surface area contributed by atoms with Crippen molar-refractivity contribution in [3.8, 4) is 10.6 Å². The van der Waals surface area contributed by atoms with Crippen LogP contribution in [0.4, 0.5) is 0 Å². The molecule has 0 aliphatic carbocycles. The summed E-state index contributed by atoms with van der Waals surface area (Å²) in [6.45, 7) is 1.99. The van der Waals surface area contributed by atoms with Gasteiger partial charge in [0.2, 0.25) is 0 Å². The van der Waals surface area contributed by atoms with Gasteiger partial charge in [-0.3, -0.25) is 9.48 Å². The van der Waals surface area contributed by atoms with E-state index in [0.29, 0.717) is 6.42 Å². The van der Waals surface area contributed by atoms with Crippen LogP contribution < -0.4 is 0 Å². The van der Waals surface area contributed by atoms with Crippen LogP contribution in [0.3, 0.4) is 0 Å². The highest BCUT2D eigenvalue weighted by Gasteiger charge is 2.15. The highest BCUT2D eigenvalue weighted by molar-refractivity contribution is 9.11.